The van der Waals surface area contributed by atoms with Crippen LogP contribution in [-0.4, -0.2) is 36.7 Å². The summed E-state index contributed by atoms with van der Waals surface area (Å²) in [6.07, 6.45) is 1.03. The van der Waals surface area contributed by atoms with E-state index in [0.29, 0.717) is 32.5 Å². The van der Waals surface area contributed by atoms with Gasteiger partial charge in [-0.25, -0.2) is 13.6 Å². The Morgan fingerprint density at radius 2 is 2.10 bits per heavy atom. The Morgan fingerprint density at radius 1 is 1.40 bits per heavy atom. The Bertz CT molecular complexity index is 474. The molecule has 0 spiro atoms. The molecule has 0 radical (unpaired) electrons. The van der Waals surface area contributed by atoms with Crippen molar-refractivity contribution in [2.45, 2.75) is 25.8 Å². The number of amides is 1. The predicted molar refractivity (Wildman–Crippen MR) is 71.6 cm³/mol. The van der Waals surface area contributed by atoms with Crippen LogP contribution in [0.15, 0.2) is 18.2 Å². The summed E-state index contributed by atoms with van der Waals surface area (Å²) in [4.78, 5) is 13.2. The number of carbonyl (C=O) groups is 1. The Morgan fingerprint density at radius 3 is 2.75 bits per heavy atom. The smallest absolute Gasteiger partial charge is 0.409 e. The molecule has 0 saturated carbocycles. The highest BCUT2D eigenvalue weighted by atomic mass is 19.1. The van der Waals surface area contributed by atoms with E-state index >= 15 is 0 Å². The van der Waals surface area contributed by atoms with Crippen molar-refractivity contribution in [1.29, 1.82) is 0 Å². The zero-order valence-corrected chi connectivity index (χ0v) is 11.4. The van der Waals surface area contributed by atoms with Gasteiger partial charge in [0, 0.05) is 19.1 Å². The molecule has 1 aromatic rings. The van der Waals surface area contributed by atoms with Crippen molar-refractivity contribution in [3.8, 4) is 0 Å². The van der Waals surface area contributed by atoms with Crippen LogP contribution in [0.2, 0.25) is 0 Å². The van der Waals surface area contributed by atoms with Crippen LogP contribution in [-0.2, 0) is 4.74 Å². The molecule has 2 rings (SSSR count). The Kier molecular flexibility index (Phi) is 4.76. The minimum atomic E-state index is -0.474. The zero-order chi connectivity index (χ0) is 14.5. The Hall–Kier alpha value is -1.85. The van der Waals surface area contributed by atoms with E-state index in [0.717, 1.165) is 18.2 Å². The van der Waals surface area contributed by atoms with Gasteiger partial charge in [0.25, 0.3) is 0 Å². The van der Waals surface area contributed by atoms with Gasteiger partial charge in [0.05, 0.1) is 12.3 Å². The van der Waals surface area contributed by atoms with Gasteiger partial charge in [0.2, 0.25) is 0 Å². The molecule has 4 nitrogen and oxygen atoms in total. The van der Waals surface area contributed by atoms with Crippen LogP contribution in [0, 0.1) is 11.6 Å². The highest BCUT2D eigenvalue weighted by molar-refractivity contribution is 5.67. The molecule has 6 heteroatoms. The number of halogens is 2. The number of nitrogens with one attached hydrogen (secondary N) is 1. The number of likely N-dealkylation sites (tertiary alicyclic amines) is 1. The van der Waals surface area contributed by atoms with E-state index in [1.54, 1.807) is 11.8 Å². The van der Waals surface area contributed by atoms with E-state index in [2.05, 4.69) is 5.32 Å². The fraction of sp³-hybridized carbons (Fsp3) is 0.500. The molecule has 1 aromatic carbocycles. The van der Waals surface area contributed by atoms with Crippen LogP contribution >= 0.6 is 0 Å². The second-order valence-electron chi connectivity index (χ2n) is 4.73. The van der Waals surface area contributed by atoms with Crippen LogP contribution in [0.4, 0.5) is 19.3 Å². The second kappa shape index (κ2) is 6.54. The van der Waals surface area contributed by atoms with Crippen LogP contribution in [0.3, 0.4) is 0 Å². The van der Waals surface area contributed by atoms with Crippen molar-refractivity contribution in [3.05, 3.63) is 29.8 Å². The van der Waals surface area contributed by atoms with E-state index in [1.807, 2.05) is 0 Å². The number of piperidine rings is 1. The first-order valence-corrected chi connectivity index (χ1v) is 6.73. The van der Waals surface area contributed by atoms with Gasteiger partial charge in [-0.2, -0.15) is 0 Å². The molecule has 0 aromatic heterocycles. The molecule has 1 N–H and O–H groups in total. The summed E-state index contributed by atoms with van der Waals surface area (Å²) < 4.78 is 31.5. The average Bonchev–Trinajstić information content (AvgIpc) is 2.44. The first kappa shape index (κ1) is 14.6. The van der Waals surface area contributed by atoms with Gasteiger partial charge in [0.1, 0.15) is 11.6 Å². The lowest BCUT2D eigenvalue weighted by Gasteiger charge is -2.32. The number of ether oxygens (including phenoxy) is 1. The van der Waals surface area contributed by atoms with E-state index < -0.39 is 11.6 Å². The van der Waals surface area contributed by atoms with Gasteiger partial charge in [-0.1, -0.05) is 0 Å². The van der Waals surface area contributed by atoms with Crippen molar-refractivity contribution in [2.75, 3.05) is 25.0 Å². The maximum absolute atomic E-state index is 13.5. The highest BCUT2D eigenvalue weighted by Crippen LogP contribution is 2.20. The number of benzene rings is 1. The van der Waals surface area contributed by atoms with Gasteiger partial charge < -0.3 is 15.0 Å². The summed E-state index contributed by atoms with van der Waals surface area (Å²) in [5.41, 5.74) is 0.166. The molecule has 1 fully saturated rings. The number of carbonyl (C=O) groups excluding carboxylic acids is 1. The van der Waals surface area contributed by atoms with Gasteiger partial charge in [-0.3, -0.25) is 0 Å². The molecule has 1 amide bonds. The summed E-state index contributed by atoms with van der Waals surface area (Å²) in [6.45, 7) is 3.21. The SMILES string of the molecule is CCOC(=O)N1CCC(Nc2cc(F)ccc2F)CC1. The van der Waals surface area contributed by atoms with Crippen LogP contribution in [0.5, 0.6) is 0 Å². The number of anilines is 1. The average molecular weight is 284 g/mol. The largest absolute Gasteiger partial charge is 0.450 e. The molecule has 0 aliphatic carbocycles. The minimum absolute atomic E-state index is 0.0250. The first-order chi connectivity index (χ1) is 9.60. The van der Waals surface area contributed by atoms with E-state index in [-0.39, 0.29) is 17.8 Å². The molecule has 110 valence electrons. The lowest BCUT2D eigenvalue weighted by Crippen LogP contribution is -2.42. The van der Waals surface area contributed by atoms with Crippen molar-refractivity contribution >= 4 is 11.8 Å². The number of hydrogen-bond donors (Lipinski definition) is 1. The maximum atomic E-state index is 13.5. The molecule has 0 bridgehead atoms. The minimum Gasteiger partial charge on any atom is -0.450 e. The molecule has 0 unspecified atom stereocenters. The molecule has 1 saturated heterocycles. The van der Waals surface area contributed by atoms with Crippen LogP contribution < -0.4 is 5.32 Å². The normalized spacial score (nSPS) is 16.1. The Balaban J connectivity index is 1.88. The lowest BCUT2D eigenvalue weighted by molar-refractivity contribution is 0.0983. The molecule has 1 heterocycles. The quantitative estimate of drug-likeness (QED) is 0.927. The van der Waals surface area contributed by atoms with E-state index in [1.165, 1.54) is 0 Å². The lowest BCUT2D eigenvalue weighted by atomic mass is 10.0. The third-order valence-electron chi connectivity index (χ3n) is 3.31. The summed E-state index contributed by atoms with van der Waals surface area (Å²) in [5.74, 6) is -0.947. The third-order valence-corrected chi connectivity index (χ3v) is 3.31. The maximum Gasteiger partial charge on any atom is 0.409 e. The molecule has 20 heavy (non-hydrogen) atoms. The first-order valence-electron chi connectivity index (χ1n) is 6.73. The topological polar surface area (TPSA) is 41.6 Å². The summed E-state index contributed by atoms with van der Waals surface area (Å²) in [6, 6.07) is 3.36. The van der Waals surface area contributed by atoms with E-state index in [4.69, 9.17) is 4.74 Å². The van der Waals surface area contributed by atoms with Crippen molar-refractivity contribution in [2.24, 2.45) is 0 Å². The summed E-state index contributed by atoms with van der Waals surface area (Å²) >= 11 is 0. The zero-order valence-electron chi connectivity index (χ0n) is 11.4. The molecular formula is C14H18F2N2O2. The fourth-order valence-electron chi connectivity index (χ4n) is 2.25. The van der Waals surface area contributed by atoms with Crippen LogP contribution in [0.25, 0.3) is 0 Å². The highest BCUT2D eigenvalue weighted by Gasteiger charge is 2.23. The predicted octanol–water partition coefficient (Wildman–Crippen LogP) is 3.00. The van der Waals surface area contributed by atoms with Crippen molar-refractivity contribution in [3.63, 3.8) is 0 Å². The number of rotatable bonds is 3. The van der Waals surface area contributed by atoms with Gasteiger partial charge in [0.15, 0.2) is 0 Å². The number of hydrogen-bond acceptors (Lipinski definition) is 3. The van der Waals surface area contributed by atoms with Gasteiger partial charge >= 0.3 is 6.09 Å². The van der Waals surface area contributed by atoms with Crippen LogP contribution in [0.1, 0.15) is 19.8 Å². The summed E-state index contributed by atoms with van der Waals surface area (Å²) in [7, 11) is 0. The Labute approximate surface area is 116 Å². The molecular weight excluding hydrogens is 266 g/mol. The van der Waals surface area contributed by atoms with Crippen molar-refractivity contribution in [1.82, 2.24) is 4.90 Å². The summed E-state index contributed by atoms with van der Waals surface area (Å²) in [5, 5.41) is 2.99. The monoisotopic (exact) mass is 284 g/mol. The second-order valence-corrected chi connectivity index (χ2v) is 4.73. The van der Waals surface area contributed by atoms with E-state index in [9.17, 15) is 13.6 Å². The van der Waals surface area contributed by atoms with Gasteiger partial charge in [-0.15, -0.1) is 0 Å². The molecule has 1 aliphatic rings. The fourth-order valence-corrected chi connectivity index (χ4v) is 2.25. The van der Waals surface area contributed by atoms with Gasteiger partial charge in [-0.05, 0) is 38.0 Å². The standard InChI is InChI=1S/C14H18F2N2O2/c1-2-20-14(19)18-7-5-11(6-8-18)17-13-9-10(15)3-4-12(13)16/h3-4,9,11,17H,2,5-8H2,1H3. The third kappa shape index (κ3) is 3.59. The van der Waals surface area contributed by atoms with Crippen molar-refractivity contribution < 1.29 is 18.3 Å². The molecule has 1 aliphatic heterocycles. The molecule has 0 atom stereocenters. The number of nitrogens with zero attached hydrogens (tertiary/aromatic N) is 1.